The second-order valence-corrected chi connectivity index (χ2v) is 8.33. The minimum absolute atomic E-state index is 0.120. The number of rotatable bonds is 10. The maximum Gasteiger partial charge on any atom is 0.309 e. The first-order chi connectivity index (χ1) is 16.9. The van der Waals surface area contributed by atoms with Gasteiger partial charge in [0.05, 0.1) is 24.6 Å². The van der Waals surface area contributed by atoms with Crippen molar-refractivity contribution in [2.45, 2.75) is 32.8 Å². The van der Waals surface area contributed by atoms with Crippen LogP contribution in [0.5, 0.6) is 5.88 Å². The van der Waals surface area contributed by atoms with E-state index < -0.39 is 11.9 Å². The van der Waals surface area contributed by atoms with Crippen LogP contribution in [0.4, 0.5) is 0 Å². The third-order valence-corrected chi connectivity index (χ3v) is 5.64. The predicted octanol–water partition coefficient (Wildman–Crippen LogP) is 4.41. The Bertz CT molecular complexity index is 1300. The van der Waals surface area contributed by atoms with Gasteiger partial charge >= 0.3 is 5.97 Å². The molecule has 2 aromatic carbocycles. The van der Waals surface area contributed by atoms with Gasteiger partial charge < -0.3 is 14.0 Å². The number of para-hydroxylation sites is 1. The Kier molecular flexibility index (Phi) is 7.52. The topological polar surface area (TPSA) is 88.2 Å². The van der Waals surface area contributed by atoms with E-state index in [9.17, 15) is 9.59 Å². The lowest BCUT2D eigenvalue weighted by Crippen LogP contribution is -2.18. The molecule has 8 nitrogen and oxygen atoms in total. The Morgan fingerprint density at radius 3 is 2.34 bits per heavy atom. The number of hydrogen-bond acceptors (Lipinski definition) is 6. The lowest BCUT2D eigenvalue weighted by atomic mass is 9.94. The van der Waals surface area contributed by atoms with Gasteiger partial charge in [-0.3, -0.25) is 9.59 Å². The third kappa shape index (κ3) is 5.73. The number of benzene rings is 2. The van der Waals surface area contributed by atoms with E-state index in [-0.39, 0.29) is 18.8 Å². The van der Waals surface area contributed by atoms with Crippen molar-refractivity contribution in [2.75, 3.05) is 6.61 Å². The molecule has 0 N–H and O–H groups in total. The summed E-state index contributed by atoms with van der Waals surface area (Å²) in [5.41, 5.74) is 3.10. The number of ketones is 1. The average molecular weight is 473 g/mol. The van der Waals surface area contributed by atoms with Gasteiger partial charge in [-0.2, -0.15) is 5.10 Å². The Morgan fingerprint density at radius 1 is 1.03 bits per heavy atom. The minimum atomic E-state index is -0.470. The van der Waals surface area contributed by atoms with Crippen molar-refractivity contribution in [2.24, 2.45) is 7.05 Å². The minimum Gasteiger partial charge on any atom is -0.407 e. The van der Waals surface area contributed by atoms with Gasteiger partial charge in [0.15, 0.2) is 11.6 Å². The normalized spacial score (nSPS) is 11.9. The molecule has 35 heavy (non-hydrogen) atoms. The molecule has 0 unspecified atom stereocenters. The average Bonchev–Trinajstić information content (AvgIpc) is 3.42. The van der Waals surface area contributed by atoms with Crippen LogP contribution in [0.15, 0.2) is 73.1 Å². The summed E-state index contributed by atoms with van der Waals surface area (Å²) < 4.78 is 15.0. The third-order valence-electron chi connectivity index (χ3n) is 5.64. The number of aromatic nitrogens is 4. The van der Waals surface area contributed by atoms with Crippen LogP contribution < -0.4 is 4.74 Å². The number of carbonyl (C=O) groups is 2. The molecular weight excluding hydrogens is 444 g/mol. The van der Waals surface area contributed by atoms with E-state index in [4.69, 9.17) is 9.47 Å². The zero-order valence-corrected chi connectivity index (χ0v) is 20.0. The monoisotopic (exact) mass is 472 g/mol. The number of aryl methyl sites for hydroxylation is 2. The summed E-state index contributed by atoms with van der Waals surface area (Å²) in [5, 5.41) is 4.66. The van der Waals surface area contributed by atoms with E-state index in [0.29, 0.717) is 29.6 Å². The molecule has 1 atom stereocenters. The first-order valence-electron chi connectivity index (χ1n) is 11.4. The lowest BCUT2D eigenvalue weighted by molar-refractivity contribution is -0.132. The molecule has 0 radical (unpaired) electrons. The fourth-order valence-corrected chi connectivity index (χ4v) is 4.05. The van der Waals surface area contributed by atoms with Gasteiger partial charge in [-0.25, -0.2) is 9.67 Å². The van der Waals surface area contributed by atoms with Crippen LogP contribution in [0, 0.1) is 6.92 Å². The van der Waals surface area contributed by atoms with Gasteiger partial charge in [-0.05, 0) is 24.6 Å². The second kappa shape index (κ2) is 10.9. The molecule has 0 spiro atoms. The Labute approximate surface area is 204 Å². The summed E-state index contributed by atoms with van der Waals surface area (Å²) in [6.07, 6.45) is 3.45. The number of esters is 1. The number of imidazole rings is 1. The quantitative estimate of drug-likeness (QED) is 0.251. The molecule has 4 rings (SSSR count). The van der Waals surface area contributed by atoms with Gasteiger partial charge in [0.25, 0.3) is 0 Å². The summed E-state index contributed by atoms with van der Waals surface area (Å²) in [5.74, 6) is -0.355. The molecule has 2 heterocycles. The maximum atomic E-state index is 13.2. The van der Waals surface area contributed by atoms with Crippen LogP contribution in [0.25, 0.3) is 5.69 Å². The maximum absolute atomic E-state index is 13.2. The molecule has 0 aliphatic heterocycles. The number of ether oxygens (including phenoxy) is 2. The van der Waals surface area contributed by atoms with Crippen LogP contribution in [0.3, 0.4) is 0 Å². The van der Waals surface area contributed by atoms with Crippen molar-refractivity contribution in [3.8, 4) is 11.6 Å². The van der Waals surface area contributed by atoms with Crippen molar-refractivity contribution in [1.82, 2.24) is 19.3 Å². The molecule has 0 aliphatic rings. The van der Waals surface area contributed by atoms with Crippen LogP contribution >= 0.6 is 0 Å². The molecule has 0 saturated carbocycles. The van der Waals surface area contributed by atoms with E-state index in [2.05, 4.69) is 10.1 Å². The summed E-state index contributed by atoms with van der Waals surface area (Å²) in [7, 11) is 1.78. The Balaban J connectivity index is 1.70. The van der Waals surface area contributed by atoms with Crippen molar-refractivity contribution in [3.05, 3.63) is 95.7 Å². The highest BCUT2D eigenvalue weighted by Gasteiger charge is 2.29. The Hall–Kier alpha value is -4.04. The first-order valence-corrected chi connectivity index (χ1v) is 11.4. The molecule has 0 fully saturated rings. The molecule has 4 aromatic rings. The largest absolute Gasteiger partial charge is 0.407 e. The molecule has 0 saturated heterocycles. The van der Waals surface area contributed by atoms with Crippen molar-refractivity contribution >= 4 is 11.8 Å². The molecule has 180 valence electrons. The van der Waals surface area contributed by atoms with Crippen LogP contribution in [-0.2, 0) is 23.2 Å². The van der Waals surface area contributed by atoms with Crippen LogP contribution in [0.1, 0.15) is 46.7 Å². The second-order valence-electron chi connectivity index (χ2n) is 8.33. The number of Topliss-reactive ketones (excluding diaryl/α,β-unsaturated/α-hetero) is 1. The van der Waals surface area contributed by atoms with Gasteiger partial charge in [-0.1, -0.05) is 48.5 Å². The zero-order chi connectivity index (χ0) is 24.8. The highest BCUT2D eigenvalue weighted by molar-refractivity contribution is 5.93. The zero-order valence-electron chi connectivity index (χ0n) is 20.0. The first kappa shape index (κ1) is 24.1. The fraction of sp³-hybridized carbons (Fsp3) is 0.259. The Morgan fingerprint density at radius 2 is 1.71 bits per heavy atom. The summed E-state index contributed by atoms with van der Waals surface area (Å²) in [6, 6.07) is 19.2. The summed E-state index contributed by atoms with van der Waals surface area (Å²) in [4.78, 5) is 29.5. The number of hydrogen-bond donors (Lipinski definition) is 0. The molecule has 0 amide bonds. The van der Waals surface area contributed by atoms with Gasteiger partial charge in [0.1, 0.15) is 0 Å². The van der Waals surface area contributed by atoms with E-state index >= 15 is 0 Å². The molecule has 0 aliphatic carbocycles. The van der Waals surface area contributed by atoms with Crippen LogP contribution in [0.2, 0.25) is 0 Å². The van der Waals surface area contributed by atoms with E-state index in [1.807, 2.05) is 67.6 Å². The molecule has 8 heteroatoms. The SMILES string of the molecule is CC(=O)Oc1c([C@@H](COCc2ccccc2)CC(=O)c2nccn2C)c(C)nn1-c1ccccc1. The van der Waals surface area contributed by atoms with Crippen molar-refractivity contribution in [3.63, 3.8) is 0 Å². The van der Waals surface area contributed by atoms with E-state index in [1.54, 1.807) is 28.7 Å². The summed E-state index contributed by atoms with van der Waals surface area (Å²) >= 11 is 0. The molecule has 0 bridgehead atoms. The smallest absolute Gasteiger partial charge is 0.309 e. The lowest BCUT2D eigenvalue weighted by Gasteiger charge is -2.18. The van der Waals surface area contributed by atoms with Crippen molar-refractivity contribution < 1.29 is 19.1 Å². The van der Waals surface area contributed by atoms with E-state index in [1.165, 1.54) is 6.92 Å². The van der Waals surface area contributed by atoms with Gasteiger partial charge in [0.2, 0.25) is 5.88 Å². The molecule has 2 aromatic heterocycles. The number of nitrogens with zero attached hydrogens (tertiary/aromatic N) is 4. The predicted molar refractivity (Wildman–Crippen MR) is 131 cm³/mol. The standard InChI is InChI=1S/C27H28N4O4/c1-19-25(27(35-20(2)32)31(29-19)23-12-8-5-9-13-23)22(16-24(33)26-28-14-15-30(26)3)18-34-17-21-10-6-4-7-11-21/h4-15,22H,16-18H2,1-3H3/t22-/m1/s1. The van der Waals surface area contributed by atoms with Gasteiger partial charge in [0, 0.05) is 44.3 Å². The number of carbonyl (C=O) groups excluding carboxylic acids is 2. The summed E-state index contributed by atoms with van der Waals surface area (Å²) in [6.45, 7) is 3.82. The highest BCUT2D eigenvalue weighted by atomic mass is 16.5. The van der Waals surface area contributed by atoms with E-state index in [0.717, 1.165) is 11.3 Å². The van der Waals surface area contributed by atoms with Gasteiger partial charge in [-0.15, -0.1) is 0 Å². The highest BCUT2D eigenvalue weighted by Crippen LogP contribution is 2.35. The van der Waals surface area contributed by atoms with Crippen LogP contribution in [-0.4, -0.2) is 37.7 Å². The molecular formula is C27H28N4O4. The van der Waals surface area contributed by atoms with Crippen molar-refractivity contribution in [1.29, 1.82) is 0 Å². The fourth-order valence-electron chi connectivity index (χ4n) is 4.05.